The van der Waals surface area contributed by atoms with Crippen LogP contribution < -0.4 is 0 Å². The van der Waals surface area contributed by atoms with Crippen molar-refractivity contribution in [2.75, 3.05) is 7.05 Å². The summed E-state index contributed by atoms with van der Waals surface area (Å²) in [6, 6.07) is 4.45. The quantitative estimate of drug-likeness (QED) is 0.766. The summed E-state index contributed by atoms with van der Waals surface area (Å²) in [7, 11) is 2.17. The molecule has 0 aromatic carbocycles. The van der Waals surface area contributed by atoms with E-state index in [0.29, 0.717) is 16.3 Å². The molecule has 1 aromatic rings. The number of hydrogen-bond donors (Lipinski definition) is 0. The van der Waals surface area contributed by atoms with Crippen molar-refractivity contribution in [1.29, 1.82) is 0 Å². The van der Waals surface area contributed by atoms with Crippen molar-refractivity contribution in [3.63, 3.8) is 0 Å². The third kappa shape index (κ3) is 3.59. The molecule has 2 nitrogen and oxygen atoms in total. The number of halogens is 2. The molecule has 100 valence electrons. The zero-order valence-corrected chi connectivity index (χ0v) is 12.5. The first-order valence-electron chi connectivity index (χ1n) is 6.57. The Morgan fingerprint density at radius 2 is 2.11 bits per heavy atom. The maximum absolute atomic E-state index is 6.12. The van der Waals surface area contributed by atoms with Crippen LogP contribution in [0.5, 0.6) is 0 Å². The van der Waals surface area contributed by atoms with E-state index in [9.17, 15) is 0 Å². The number of nitrogens with zero attached hydrogens (tertiary/aromatic N) is 2. The largest absolute Gasteiger partial charge is 0.299 e. The molecule has 1 fully saturated rings. The lowest BCUT2D eigenvalue weighted by atomic mass is 9.86. The van der Waals surface area contributed by atoms with Crippen LogP contribution in [-0.4, -0.2) is 23.0 Å². The summed E-state index contributed by atoms with van der Waals surface area (Å²) in [5, 5.41) is 0.982. The molecule has 2 rings (SSSR count). The SMILES string of the molecule is CC1CCCC(N(C)Cc2ccc(Cl)nc2Cl)C1. The van der Waals surface area contributed by atoms with Gasteiger partial charge in [-0.3, -0.25) is 4.90 Å². The van der Waals surface area contributed by atoms with Crippen molar-refractivity contribution >= 4 is 23.2 Å². The van der Waals surface area contributed by atoms with Crippen molar-refractivity contribution in [2.45, 2.75) is 45.2 Å². The van der Waals surface area contributed by atoms with Crippen LogP contribution in [0.2, 0.25) is 10.3 Å². The van der Waals surface area contributed by atoms with Gasteiger partial charge in [0, 0.05) is 18.2 Å². The monoisotopic (exact) mass is 286 g/mol. The Hall–Kier alpha value is -0.310. The van der Waals surface area contributed by atoms with Crippen molar-refractivity contribution in [2.24, 2.45) is 5.92 Å². The second-order valence-electron chi connectivity index (χ2n) is 5.42. The van der Waals surface area contributed by atoms with E-state index < -0.39 is 0 Å². The summed E-state index contributed by atoms with van der Waals surface area (Å²) in [5.74, 6) is 0.838. The van der Waals surface area contributed by atoms with Gasteiger partial charge in [-0.25, -0.2) is 4.98 Å². The lowest BCUT2D eigenvalue weighted by Gasteiger charge is -2.34. The van der Waals surface area contributed by atoms with Gasteiger partial charge in [-0.15, -0.1) is 0 Å². The molecule has 1 heterocycles. The first kappa shape index (κ1) is 14.1. The molecule has 0 saturated heterocycles. The normalized spacial score (nSPS) is 24.5. The molecule has 1 saturated carbocycles. The first-order valence-corrected chi connectivity index (χ1v) is 7.33. The zero-order valence-electron chi connectivity index (χ0n) is 11.0. The van der Waals surface area contributed by atoms with Crippen molar-refractivity contribution in [1.82, 2.24) is 9.88 Å². The van der Waals surface area contributed by atoms with E-state index in [1.54, 1.807) is 6.07 Å². The topological polar surface area (TPSA) is 16.1 Å². The fraction of sp³-hybridized carbons (Fsp3) is 0.643. The maximum Gasteiger partial charge on any atom is 0.135 e. The second kappa shape index (κ2) is 6.23. The van der Waals surface area contributed by atoms with Crippen molar-refractivity contribution in [3.8, 4) is 0 Å². The third-order valence-electron chi connectivity index (χ3n) is 3.84. The van der Waals surface area contributed by atoms with Crippen LogP contribution in [0, 0.1) is 5.92 Å². The lowest BCUT2D eigenvalue weighted by Crippen LogP contribution is -2.35. The Balaban J connectivity index is 1.99. The van der Waals surface area contributed by atoms with Gasteiger partial charge in [0.1, 0.15) is 10.3 Å². The molecule has 1 aromatic heterocycles. The van der Waals surface area contributed by atoms with Gasteiger partial charge in [0.2, 0.25) is 0 Å². The Bertz CT molecular complexity index is 409. The van der Waals surface area contributed by atoms with E-state index in [-0.39, 0.29) is 0 Å². The van der Waals surface area contributed by atoms with Crippen molar-refractivity contribution < 1.29 is 0 Å². The van der Waals surface area contributed by atoms with Gasteiger partial charge in [-0.2, -0.15) is 0 Å². The highest BCUT2D eigenvalue weighted by Crippen LogP contribution is 2.28. The van der Waals surface area contributed by atoms with Gasteiger partial charge < -0.3 is 0 Å². The van der Waals surface area contributed by atoms with Crippen LogP contribution in [0.3, 0.4) is 0 Å². The Labute approximate surface area is 119 Å². The van der Waals surface area contributed by atoms with E-state index in [1.165, 1.54) is 25.7 Å². The minimum absolute atomic E-state index is 0.456. The molecule has 2 unspecified atom stereocenters. The van der Waals surface area contributed by atoms with E-state index in [1.807, 2.05) is 6.07 Å². The molecule has 0 amide bonds. The average molecular weight is 287 g/mol. The molecule has 4 heteroatoms. The van der Waals surface area contributed by atoms with Crippen LogP contribution in [0.4, 0.5) is 0 Å². The van der Waals surface area contributed by atoms with E-state index >= 15 is 0 Å². The summed E-state index contributed by atoms with van der Waals surface area (Å²) in [5.41, 5.74) is 1.06. The maximum atomic E-state index is 6.12. The van der Waals surface area contributed by atoms with Crippen molar-refractivity contribution in [3.05, 3.63) is 28.0 Å². The van der Waals surface area contributed by atoms with Crippen LogP contribution >= 0.6 is 23.2 Å². The van der Waals surface area contributed by atoms with Gasteiger partial charge in [0.25, 0.3) is 0 Å². The van der Waals surface area contributed by atoms with Gasteiger partial charge in [0.15, 0.2) is 0 Å². The summed E-state index contributed by atoms with van der Waals surface area (Å²) in [6.45, 7) is 3.19. The van der Waals surface area contributed by atoms with Crippen LogP contribution in [-0.2, 0) is 6.54 Å². The van der Waals surface area contributed by atoms with Crippen LogP contribution in [0.15, 0.2) is 12.1 Å². The van der Waals surface area contributed by atoms with Crippen LogP contribution in [0.25, 0.3) is 0 Å². The highest BCUT2D eigenvalue weighted by molar-refractivity contribution is 6.32. The first-order chi connectivity index (χ1) is 8.56. The molecular formula is C14H20Cl2N2. The number of pyridine rings is 1. The molecule has 18 heavy (non-hydrogen) atoms. The number of hydrogen-bond acceptors (Lipinski definition) is 2. The molecule has 0 radical (unpaired) electrons. The predicted octanol–water partition coefficient (Wildman–Crippen LogP) is 4.40. The smallest absolute Gasteiger partial charge is 0.135 e. The molecule has 0 N–H and O–H groups in total. The standard InChI is InChI=1S/C14H20Cl2N2/c1-10-4-3-5-12(8-10)18(2)9-11-6-7-13(15)17-14(11)16/h6-7,10,12H,3-5,8-9H2,1-2H3. The summed E-state index contributed by atoms with van der Waals surface area (Å²) >= 11 is 11.9. The molecule has 2 atom stereocenters. The molecule has 1 aliphatic rings. The van der Waals surface area contributed by atoms with E-state index in [4.69, 9.17) is 23.2 Å². The molecular weight excluding hydrogens is 267 g/mol. The van der Waals surface area contributed by atoms with Gasteiger partial charge in [0.05, 0.1) is 0 Å². The fourth-order valence-corrected chi connectivity index (χ4v) is 3.16. The molecule has 0 spiro atoms. The minimum atomic E-state index is 0.456. The Morgan fingerprint density at radius 3 is 2.78 bits per heavy atom. The summed E-state index contributed by atoms with van der Waals surface area (Å²) in [6.07, 6.45) is 5.28. The van der Waals surface area contributed by atoms with E-state index in [2.05, 4.69) is 23.9 Å². The Kier molecular flexibility index (Phi) is 4.88. The zero-order chi connectivity index (χ0) is 13.1. The molecule has 0 bridgehead atoms. The van der Waals surface area contributed by atoms with Gasteiger partial charge >= 0.3 is 0 Å². The van der Waals surface area contributed by atoms with E-state index in [0.717, 1.165) is 18.0 Å². The molecule has 0 aliphatic heterocycles. The third-order valence-corrected chi connectivity index (χ3v) is 4.38. The molecule has 1 aliphatic carbocycles. The fourth-order valence-electron chi connectivity index (χ4n) is 2.76. The highest BCUT2D eigenvalue weighted by Gasteiger charge is 2.22. The lowest BCUT2D eigenvalue weighted by molar-refractivity contribution is 0.157. The highest BCUT2D eigenvalue weighted by atomic mass is 35.5. The summed E-state index contributed by atoms with van der Waals surface area (Å²) in [4.78, 5) is 6.49. The average Bonchev–Trinajstić information content (AvgIpc) is 2.32. The predicted molar refractivity (Wildman–Crippen MR) is 77.1 cm³/mol. The Morgan fingerprint density at radius 1 is 1.33 bits per heavy atom. The second-order valence-corrected chi connectivity index (χ2v) is 6.17. The number of aromatic nitrogens is 1. The number of rotatable bonds is 3. The minimum Gasteiger partial charge on any atom is -0.299 e. The van der Waals surface area contributed by atoms with Crippen LogP contribution in [0.1, 0.15) is 38.2 Å². The van der Waals surface area contributed by atoms with Gasteiger partial charge in [-0.1, -0.05) is 49.0 Å². The van der Waals surface area contributed by atoms with Gasteiger partial charge in [-0.05, 0) is 31.9 Å². The summed E-state index contributed by atoms with van der Waals surface area (Å²) < 4.78 is 0.